The van der Waals surface area contributed by atoms with Crippen molar-refractivity contribution in [1.29, 1.82) is 5.26 Å². The van der Waals surface area contributed by atoms with E-state index < -0.39 is 0 Å². The summed E-state index contributed by atoms with van der Waals surface area (Å²) in [6.45, 7) is 0.323. The highest BCUT2D eigenvalue weighted by atomic mass is 35.5. The molecule has 1 aromatic heterocycles. The Morgan fingerprint density at radius 1 is 1.13 bits per heavy atom. The Bertz CT molecular complexity index is 1120. The maximum atomic E-state index is 9.78. The van der Waals surface area contributed by atoms with Crippen molar-refractivity contribution >= 4 is 17.4 Å². The van der Waals surface area contributed by atoms with Gasteiger partial charge in [-0.05, 0) is 73.2 Å². The number of halogens is 1. The number of benzene rings is 2. The highest BCUT2D eigenvalue weighted by Crippen LogP contribution is 2.37. The van der Waals surface area contributed by atoms with E-state index in [9.17, 15) is 5.26 Å². The van der Waals surface area contributed by atoms with Crippen molar-refractivity contribution in [2.24, 2.45) is 0 Å². The Labute approximate surface area is 181 Å². The van der Waals surface area contributed by atoms with Crippen LogP contribution in [0.2, 0.25) is 5.02 Å². The average molecular weight is 420 g/mol. The van der Waals surface area contributed by atoms with Crippen LogP contribution in [0.25, 0.3) is 11.1 Å². The fourth-order valence-corrected chi connectivity index (χ4v) is 4.06. The van der Waals surface area contributed by atoms with Gasteiger partial charge in [0, 0.05) is 21.8 Å². The monoisotopic (exact) mass is 419 g/mol. The van der Waals surface area contributed by atoms with Crippen LogP contribution in [-0.2, 0) is 19.4 Å². The number of rotatable bonds is 5. The third-order valence-corrected chi connectivity index (χ3v) is 5.64. The number of ether oxygens (including phenoxy) is 2. The van der Waals surface area contributed by atoms with Gasteiger partial charge in [-0.1, -0.05) is 17.7 Å². The highest BCUT2D eigenvalue weighted by Gasteiger charge is 2.22. The van der Waals surface area contributed by atoms with Gasteiger partial charge in [-0.15, -0.1) is 0 Å². The first-order valence-electron chi connectivity index (χ1n) is 9.87. The number of nitriles is 1. The molecule has 6 heteroatoms. The lowest BCUT2D eigenvalue weighted by Crippen LogP contribution is -2.12. The second-order valence-electron chi connectivity index (χ2n) is 7.26. The number of hydrogen-bond donors (Lipinski definition) is 1. The molecule has 1 aliphatic carbocycles. The lowest BCUT2D eigenvalue weighted by atomic mass is 9.86. The molecule has 2 aromatic carbocycles. The van der Waals surface area contributed by atoms with Gasteiger partial charge in [0.2, 0.25) is 0 Å². The first-order chi connectivity index (χ1) is 14.6. The summed E-state index contributed by atoms with van der Waals surface area (Å²) in [4.78, 5) is 4.51. The van der Waals surface area contributed by atoms with Crippen LogP contribution in [0, 0.1) is 11.3 Å². The Kier molecular flexibility index (Phi) is 5.78. The van der Waals surface area contributed by atoms with Crippen LogP contribution in [0.15, 0.2) is 42.5 Å². The zero-order valence-electron chi connectivity index (χ0n) is 16.7. The molecular formula is C24H22ClN3O2. The molecule has 0 bridgehead atoms. The van der Waals surface area contributed by atoms with Gasteiger partial charge >= 0.3 is 0 Å². The zero-order chi connectivity index (χ0) is 21.1. The molecule has 3 aromatic rings. The summed E-state index contributed by atoms with van der Waals surface area (Å²) in [5.74, 6) is 1.74. The molecular weight excluding hydrogens is 398 g/mol. The smallest absolute Gasteiger partial charge is 0.142 e. The van der Waals surface area contributed by atoms with E-state index >= 15 is 0 Å². The van der Waals surface area contributed by atoms with Crippen molar-refractivity contribution < 1.29 is 9.47 Å². The molecule has 0 fully saturated rings. The van der Waals surface area contributed by atoms with E-state index in [1.165, 1.54) is 0 Å². The van der Waals surface area contributed by atoms with Gasteiger partial charge in [0.25, 0.3) is 0 Å². The van der Waals surface area contributed by atoms with Crippen LogP contribution >= 0.6 is 11.6 Å². The summed E-state index contributed by atoms with van der Waals surface area (Å²) >= 11 is 5.95. The van der Waals surface area contributed by atoms with E-state index in [1.54, 1.807) is 19.2 Å². The maximum absolute atomic E-state index is 9.78. The van der Waals surface area contributed by atoms with Gasteiger partial charge in [0.1, 0.15) is 35.6 Å². The number of nitrogens with zero attached hydrogens (tertiary/aromatic N) is 2. The van der Waals surface area contributed by atoms with Crippen molar-refractivity contribution in [2.75, 3.05) is 12.8 Å². The largest absolute Gasteiger partial charge is 0.496 e. The second kappa shape index (κ2) is 8.64. The molecule has 0 atom stereocenters. The normalized spacial score (nSPS) is 12.7. The Balaban J connectivity index is 1.75. The quantitative estimate of drug-likeness (QED) is 0.605. The van der Waals surface area contributed by atoms with E-state index in [0.717, 1.165) is 65.1 Å². The number of methoxy groups -OCH3 is 1. The van der Waals surface area contributed by atoms with E-state index in [4.69, 9.17) is 26.8 Å². The number of nitrogen functional groups attached to an aromatic ring is 1. The highest BCUT2D eigenvalue weighted by molar-refractivity contribution is 6.30. The molecule has 0 unspecified atom stereocenters. The minimum atomic E-state index is 0.294. The van der Waals surface area contributed by atoms with Gasteiger partial charge in [-0.2, -0.15) is 5.26 Å². The SMILES string of the molecule is COc1ccc(-c2c(C#N)c(N)nc3c2CCCC3)cc1COc1ccc(Cl)cc1. The first-order valence-corrected chi connectivity index (χ1v) is 10.3. The third kappa shape index (κ3) is 3.92. The fourth-order valence-electron chi connectivity index (χ4n) is 3.93. The predicted octanol–water partition coefficient (Wildman–Crippen LogP) is 5.32. The summed E-state index contributed by atoms with van der Waals surface area (Å²) in [5, 5.41) is 10.4. The molecule has 2 N–H and O–H groups in total. The molecule has 0 saturated carbocycles. The Morgan fingerprint density at radius 2 is 1.90 bits per heavy atom. The Morgan fingerprint density at radius 3 is 2.63 bits per heavy atom. The van der Waals surface area contributed by atoms with Crippen LogP contribution in [0.1, 0.15) is 35.2 Å². The third-order valence-electron chi connectivity index (χ3n) is 5.39. The van der Waals surface area contributed by atoms with E-state index in [1.807, 2.05) is 30.3 Å². The number of fused-ring (bicyclic) bond motifs is 1. The van der Waals surface area contributed by atoms with Gasteiger partial charge in [0.15, 0.2) is 0 Å². The lowest BCUT2D eigenvalue weighted by molar-refractivity contribution is 0.297. The van der Waals surface area contributed by atoms with Crippen LogP contribution in [0.3, 0.4) is 0 Å². The molecule has 0 amide bonds. The predicted molar refractivity (Wildman–Crippen MR) is 118 cm³/mol. The van der Waals surface area contributed by atoms with Crippen molar-refractivity contribution in [1.82, 2.24) is 4.98 Å². The van der Waals surface area contributed by atoms with E-state index in [-0.39, 0.29) is 0 Å². The molecule has 0 aliphatic heterocycles. The lowest BCUT2D eigenvalue weighted by Gasteiger charge is -2.21. The summed E-state index contributed by atoms with van der Waals surface area (Å²) < 4.78 is 11.5. The molecule has 5 nitrogen and oxygen atoms in total. The van der Waals surface area contributed by atoms with Gasteiger partial charge < -0.3 is 15.2 Å². The van der Waals surface area contributed by atoms with Crippen LogP contribution in [0.5, 0.6) is 11.5 Å². The average Bonchev–Trinajstić information content (AvgIpc) is 2.77. The summed E-state index contributed by atoms with van der Waals surface area (Å²) in [5.41, 5.74) is 11.4. The van der Waals surface area contributed by atoms with Crippen LogP contribution in [-0.4, -0.2) is 12.1 Å². The zero-order valence-corrected chi connectivity index (χ0v) is 17.5. The summed E-state index contributed by atoms with van der Waals surface area (Å²) in [6.07, 6.45) is 3.96. The molecule has 152 valence electrons. The Hall–Kier alpha value is -3.23. The molecule has 0 saturated heterocycles. The summed E-state index contributed by atoms with van der Waals surface area (Å²) in [6, 6.07) is 15.4. The second-order valence-corrected chi connectivity index (χ2v) is 7.70. The molecule has 30 heavy (non-hydrogen) atoms. The minimum absolute atomic E-state index is 0.294. The maximum Gasteiger partial charge on any atom is 0.142 e. The van der Waals surface area contributed by atoms with Crippen molar-refractivity contribution in [3.05, 3.63) is 69.9 Å². The summed E-state index contributed by atoms with van der Waals surface area (Å²) in [7, 11) is 1.63. The van der Waals surface area contributed by atoms with Gasteiger partial charge in [-0.25, -0.2) is 4.98 Å². The van der Waals surface area contributed by atoms with Crippen molar-refractivity contribution in [3.8, 4) is 28.7 Å². The molecule has 1 aliphatic rings. The topological polar surface area (TPSA) is 81.2 Å². The van der Waals surface area contributed by atoms with E-state index in [2.05, 4.69) is 11.1 Å². The number of aromatic nitrogens is 1. The van der Waals surface area contributed by atoms with E-state index in [0.29, 0.717) is 23.0 Å². The number of hydrogen-bond acceptors (Lipinski definition) is 5. The first kappa shape index (κ1) is 20.1. The van der Waals surface area contributed by atoms with Crippen LogP contribution < -0.4 is 15.2 Å². The molecule has 0 radical (unpaired) electrons. The van der Waals surface area contributed by atoms with Gasteiger partial charge in [-0.3, -0.25) is 0 Å². The number of anilines is 1. The number of pyridine rings is 1. The van der Waals surface area contributed by atoms with Gasteiger partial charge in [0.05, 0.1) is 7.11 Å². The standard InChI is InChI=1S/C24H22ClN3O2/c1-29-22-11-6-15(12-16(22)14-30-18-9-7-17(25)8-10-18)23-19-4-2-3-5-21(19)28-24(27)20(23)13-26/h6-12H,2-5,14H2,1H3,(H2,27,28). The number of nitrogens with two attached hydrogens (primary N) is 1. The van der Waals surface area contributed by atoms with Crippen LogP contribution in [0.4, 0.5) is 5.82 Å². The molecule has 4 rings (SSSR count). The van der Waals surface area contributed by atoms with Crippen molar-refractivity contribution in [2.45, 2.75) is 32.3 Å². The fraction of sp³-hybridized carbons (Fsp3) is 0.250. The van der Waals surface area contributed by atoms with Crippen molar-refractivity contribution in [3.63, 3.8) is 0 Å². The number of aryl methyl sites for hydroxylation is 1. The molecule has 0 spiro atoms. The molecule has 1 heterocycles. The minimum Gasteiger partial charge on any atom is -0.496 e.